The lowest BCUT2D eigenvalue weighted by atomic mass is 9.72. The molecule has 1 saturated carbocycles. The Kier molecular flexibility index (Phi) is 12.4. The first kappa shape index (κ1) is 34.6. The third-order valence-electron chi connectivity index (χ3n) is 7.35. The summed E-state index contributed by atoms with van der Waals surface area (Å²) in [6.45, 7) is 3.82. The highest BCUT2D eigenvalue weighted by Crippen LogP contribution is 2.42. The highest BCUT2D eigenvalue weighted by atomic mass is 35.5. The number of allylic oxidation sites excluding steroid dienone is 1. The van der Waals surface area contributed by atoms with Crippen molar-refractivity contribution in [1.29, 1.82) is 0 Å². The molecule has 1 fully saturated rings. The summed E-state index contributed by atoms with van der Waals surface area (Å²) >= 11 is 11.7. The number of aliphatic hydroxyl groups excluding tert-OH is 1. The molecule has 232 valence electrons. The van der Waals surface area contributed by atoms with E-state index in [1.54, 1.807) is 48.5 Å². The van der Waals surface area contributed by atoms with Crippen molar-refractivity contribution in [3.8, 4) is 0 Å². The molecule has 0 bridgehead atoms. The van der Waals surface area contributed by atoms with Crippen molar-refractivity contribution in [2.45, 2.75) is 51.5 Å². The van der Waals surface area contributed by atoms with Gasteiger partial charge in [-0.1, -0.05) is 59.6 Å². The summed E-state index contributed by atoms with van der Waals surface area (Å²) < 4.78 is 0. The molecule has 0 radical (unpaired) electrons. The normalized spacial score (nSPS) is 18.7. The van der Waals surface area contributed by atoms with Crippen LogP contribution in [0.25, 0.3) is 5.76 Å². The molecule has 0 amide bonds. The Labute approximate surface area is 273 Å². The van der Waals surface area contributed by atoms with Crippen LogP contribution in [-0.4, -0.2) is 34.6 Å². The lowest BCUT2D eigenvalue weighted by Crippen LogP contribution is -2.29. The van der Waals surface area contributed by atoms with Gasteiger partial charge in [0.05, 0.1) is 0 Å². The molecule has 2 aliphatic rings. The lowest BCUT2D eigenvalue weighted by molar-refractivity contribution is -0.112. The number of aliphatic imine (C=N–C) groups is 2. The first-order chi connectivity index (χ1) is 20.5. The number of ketones is 2. The molecule has 6 N–H and O–H groups in total. The molecule has 2 aliphatic carbocycles. The van der Waals surface area contributed by atoms with Crippen LogP contribution in [0.4, 0.5) is 5.69 Å². The van der Waals surface area contributed by atoms with E-state index >= 15 is 0 Å². The van der Waals surface area contributed by atoms with Crippen LogP contribution >= 0.6 is 35.6 Å². The van der Waals surface area contributed by atoms with Crippen LogP contribution in [0.2, 0.25) is 10.0 Å². The Bertz CT molecular complexity index is 1560. The average Bonchev–Trinajstić information content (AvgIpc) is 2.98. The van der Waals surface area contributed by atoms with Crippen molar-refractivity contribution in [3.05, 3.63) is 105 Å². The van der Waals surface area contributed by atoms with E-state index < -0.39 is 11.6 Å². The van der Waals surface area contributed by atoms with Crippen LogP contribution in [0.1, 0.15) is 66.9 Å². The molecule has 3 aromatic carbocycles. The van der Waals surface area contributed by atoms with Gasteiger partial charge in [0.15, 0.2) is 0 Å². The lowest BCUT2D eigenvalue weighted by Gasteiger charge is -2.31. The molecule has 8 nitrogen and oxygen atoms in total. The predicted molar refractivity (Wildman–Crippen MR) is 182 cm³/mol. The van der Waals surface area contributed by atoms with Gasteiger partial charge < -0.3 is 21.9 Å². The van der Waals surface area contributed by atoms with E-state index in [4.69, 9.17) is 34.7 Å². The van der Waals surface area contributed by atoms with E-state index in [0.29, 0.717) is 27.6 Å². The minimum absolute atomic E-state index is 0. The number of nitrogens with zero attached hydrogens (tertiary/aromatic N) is 2. The first-order valence-electron chi connectivity index (χ1n) is 14.1. The maximum atomic E-state index is 12.6. The highest BCUT2D eigenvalue weighted by Gasteiger charge is 2.38. The molecule has 0 aromatic heterocycles. The monoisotopic (exact) mass is 655 g/mol. The van der Waals surface area contributed by atoms with Gasteiger partial charge in [-0.15, -0.1) is 12.4 Å². The number of anilines is 1. The second-order valence-corrected chi connectivity index (χ2v) is 11.6. The number of aliphatic hydroxyl groups is 1. The number of rotatable bonds is 4. The number of guanidine groups is 2. The number of nitrogens with two attached hydrogens (primary N) is 2. The number of hydrogen-bond acceptors (Lipinski definition) is 4. The maximum Gasteiger partial charge on any atom is 0.234 e. The molecule has 5 rings (SSSR count). The van der Waals surface area contributed by atoms with Crippen LogP contribution < -0.4 is 16.8 Å². The molecule has 0 unspecified atom stereocenters. The molecule has 0 aliphatic heterocycles. The third-order valence-corrected chi connectivity index (χ3v) is 7.86. The third kappa shape index (κ3) is 8.85. The van der Waals surface area contributed by atoms with E-state index in [9.17, 15) is 14.7 Å². The van der Waals surface area contributed by atoms with Crippen LogP contribution in [0.15, 0.2) is 88.4 Å². The van der Waals surface area contributed by atoms with Crippen molar-refractivity contribution in [2.24, 2.45) is 27.4 Å². The van der Waals surface area contributed by atoms with Crippen molar-refractivity contribution in [3.63, 3.8) is 0 Å². The van der Waals surface area contributed by atoms with Gasteiger partial charge in [0.25, 0.3) is 0 Å². The number of carbonyl (C=O) groups is 2. The largest absolute Gasteiger partial charge is 0.507 e. The van der Waals surface area contributed by atoms with Gasteiger partial charge in [0.1, 0.15) is 5.76 Å². The van der Waals surface area contributed by atoms with Crippen LogP contribution in [0, 0.1) is 5.92 Å². The van der Waals surface area contributed by atoms with Crippen molar-refractivity contribution < 1.29 is 14.7 Å². The van der Waals surface area contributed by atoms with Gasteiger partial charge in [-0.25, -0.2) is 4.99 Å². The maximum absolute atomic E-state index is 12.6. The Balaban J connectivity index is 0.000000258. The van der Waals surface area contributed by atoms with Crippen molar-refractivity contribution in [1.82, 2.24) is 0 Å². The molecule has 11 heteroatoms. The molecule has 44 heavy (non-hydrogen) atoms. The zero-order valence-corrected chi connectivity index (χ0v) is 26.8. The molecular formula is C33H36Cl3N5O3. The molecule has 0 atom stereocenters. The first-order valence-corrected chi connectivity index (χ1v) is 14.9. The molecule has 0 spiro atoms. The minimum atomic E-state index is -0.545. The van der Waals surface area contributed by atoms with Crippen LogP contribution in [0.3, 0.4) is 0 Å². The summed E-state index contributed by atoms with van der Waals surface area (Å²) in [6, 6.07) is 21.9. The Morgan fingerprint density at radius 3 is 1.91 bits per heavy atom. The standard InChI is InChI=1S/C22H19ClO3.C11H16ClN5.ClH/c23-16-11-9-14(10-12-16)13-5-7-15(8-6-13)19-20(24)17-3-1-2-4-18(17)21(25)22(19)26;1-7(2)15-10(13)17-11(14)16-9-5-3-8(12)4-6-9;/h1-4,9-13,15,24H,5-8H2;3-7H,1-2H3,(H5,13,14,15,16,17);1H. The summed E-state index contributed by atoms with van der Waals surface area (Å²) in [5.41, 5.74) is 14.4. The number of hydrogen-bond donors (Lipinski definition) is 4. The number of Topliss-reactive ketones (excluding diaryl/α,β-unsaturated/α-hetero) is 2. The second kappa shape index (κ2) is 15.7. The smallest absolute Gasteiger partial charge is 0.234 e. The average molecular weight is 657 g/mol. The minimum Gasteiger partial charge on any atom is -0.507 e. The number of halogens is 3. The highest BCUT2D eigenvalue weighted by molar-refractivity contribution is 6.52. The number of nitrogens with one attached hydrogen (secondary N) is 1. The van der Waals surface area contributed by atoms with Crippen LogP contribution in [0.5, 0.6) is 0 Å². The van der Waals surface area contributed by atoms with Gasteiger partial charge >= 0.3 is 0 Å². The Morgan fingerprint density at radius 2 is 1.34 bits per heavy atom. The van der Waals surface area contributed by atoms with Crippen molar-refractivity contribution >= 4 is 70.5 Å². The fraction of sp³-hybridized carbons (Fsp3) is 0.273. The number of fused-ring (bicyclic) bond motifs is 1. The topological polar surface area (TPSA) is 143 Å². The number of carbonyl (C=O) groups excluding carboxylic acids is 2. The zero-order valence-electron chi connectivity index (χ0n) is 24.5. The van der Waals surface area contributed by atoms with E-state index in [1.165, 1.54) is 5.56 Å². The summed E-state index contributed by atoms with van der Waals surface area (Å²) in [5.74, 6) is -0.367. The van der Waals surface area contributed by atoms with Gasteiger partial charge in [-0.2, -0.15) is 4.99 Å². The summed E-state index contributed by atoms with van der Waals surface area (Å²) in [7, 11) is 0. The Hall–Kier alpha value is -3.85. The fourth-order valence-electron chi connectivity index (χ4n) is 5.34. The molecule has 0 heterocycles. The Morgan fingerprint density at radius 1 is 0.818 bits per heavy atom. The van der Waals surface area contributed by atoms with E-state index in [1.807, 2.05) is 26.0 Å². The van der Waals surface area contributed by atoms with Gasteiger partial charge in [0.2, 0.25) is 23.5 Å². The number of benzene rings is 3. The predicted octanol–water partition coefficient (Wildman–Crippen LogP) is 7.56. The van der Waals surface area contributed by atoms with E-state index in [-0.39, 0.29) is 42.0 Å². The van der Waals surface area contributed by atoms with E-state index in [2.05, 4.69) is 27.4 Å². The molecule has 0 saturated heterocycles. The summed E-state index contributed by atoms with van der Waals surface area (Å²) in [6.07, 6.45) is 3.42. The van der Waals surface area contributed by atoms with E-state index in [0.717, 1.165) is 36.4 Å². The van der Waals surface area contributed by atoms with Crippen LogP contribution in [-0.2, 0) is 4.79 Å². The fourth-order valence-corrected chi connectivity index (χ4v) is 5.59. The van der Waals surface area contributed by atoms with Crippen molar-refractivity contribution in [2.75, 3.05) is 5.32 Å². The summed E-state index contributed by atoms with van der Waals surface area (Å²) in [4.78, 5) is 33.0. The second-order valence-electron chi connectivity index (χ2n) is 10.8. The SMILES string of the molecule is CC(C)N=C(N)N=C(N)Nc1ccc(Cl)cc1.Cl.O=C1C(=O)c2ccccc2C(O)=C1C1CCC(c2ccc(Cl)cc2)CC1. The quantitative estimate of drug-likeness (QED) is 0.130. The molecular weight excluding hydrogens is 621 g/mol. The van der Waals surface area contributed by atoms with Gasteiger partial charge in [-0.05, 0) is 93.3 Å². The zero-order chi connectivity index (χ0) is 31.1. The van der Waals surface area contributed by atoms with Gasteiger partial charge in [0, 0.05) is 38.5 Å². The summed E-state index contributed by atoms with van der Waals surface area (Å²) in [5, 5.41) is 14.9. The molecule has 3 aromatic rings. The van der Waals surface area contributed by atoms with Gasteiger partial charge in [-0.3, -0.25) is 9.59 Å².